The highest BCUT2D eigenvalue weighted by molar-refractivity contribution is 5.83. The van der Waals surface area contributed by atoms with E-state index in [1.165, 1.54) is 11.8 Å². The molecule has 1 rings (SSSR count). The first-order valence-electron chi connectivity index (χ1n) is 11.9. The Balaban J connectivity index is 3.69. The van der Waals surface area contributed by atoms with Gasteiger partial charge in [-0.3, -0.25) is 9.69 Å². The third-order valence-corrected chi connectivity index (χ3v) is 5.82. The number of nitrogens with one attached hydrogen (secondary N) is 1. The third-order valence-electron chi connectivity index (χ3n) is 5.82. The average molecular weight is 469 g/mol. The van der Waals surface area contributed by atoms with Crippen LogP contribution in [0, 0.1) is 5.92 Å². The molecule has 33 heavy (non-hydrogen) atoms. The Morgan fingerprint density at radius 3 is 1.97 bits per heavy atom. The number of nitrogens with zero attached hydrogens (tertiary/aromatic N) is 1. The highest BCUT2D eigenvalue weighted by atomic mass is 16.6. The van der Waals surface area contributed by atoms with Gasteiger partial charge in [0.05, 0.1) is 17.7 Å². The fraction of sp³-hybridized carbons (Fsp3) is 0.800. The predicted octanol–water partition coefficient (Wildman–Crippen LogP) is 3.95. The quantitative estimate of drug-likeness (QED) is 0.433. The van der Waals surface area contributed by atoms with Gasteiger partial charge in [0.2, 0.25) is 5.91 Å². The number of ether oxygens (including phenoxy) is 2. The Labute approximate surface area is 199 Å². The molecule has 0 aliphatic carbocycles. The van der Waals surface area contributed by atoms with Gasteiger partial charge in [-0.25, -0.2) is 9.59 Å². The maximum Gasteiger partial charge on any atom is 0.411 e. The molecule has 2 amide bonds. The minimum absolute atomic E-state index is 0.294. The Hall–Kier alpha value is -2.09. The lowest BCUT2D eigenvalue weighted by atomic mass is 9.79. The zero-order valence-electron chi connectivity index (χ0n) is 22.0. The molecule has 190 valence electrons. The fourth-order valence-electron chi connectivity index (χ4n) is 4.36. The van der Waals surface area contributed by atoms with Crippen molar-refractivity contribution in [2.45, 2.75) is 123 Å². The van der Waals surface area contributed by atoms with Crippen molar-refractivity contribution in [2.24, 2.45) is 5.92 Å². The maximum absolute atomic E-state index is 13.5. The van der Waals surface area contributed by atoms with Crippen LogP contribution >= 0.6 is 0 Å². The second-order valence-electron chi connectivity index (χ2n) is 10.8. The SMILES string of the molecule is C/C=C\[C@@H]1C[C@H](C(=O)OC(C)(C)C)N(C(=O)OC(C)(C)C)[C@H]1[C@@H](NC(C)=O)C(O)(CC)CC. The second-order valence-corrected chi connectivity index (χ2v) is 10.8. The van der Waals surface area contributed by atoms with Gasteiger partial charge in [-0.1, -0.05) is 26.0 Å². The van der Waals surface area contributed by atoms with E-state index in [0.717, 1.165) is 0 Å². The normalized spacial score (nSPS) is 22.9. The molecule has 1 saturated heterocycles. The van der Waals surface area contributed by atoms with Crippen molar-refractivity contribution < 1.29 is 29.0 Å². The summed E-state index contributed by atoms with van der Waals surface area (Å²) in [5, 5.41) is 14.4. The summed E-state index contributed by atoms with van der Waals surface area (Å²) in [6.07, 6.45) is 4.08. The van der Waals surface area contributed by atoms with Crippen LogP contribution in [0.1, 0.15) is 88.5 Å². The molecule has 8 heteroatoms. The Morgan fingerprint density at radius 2 is 1.58 bits per heavy atom. The minimum Gasteiger partial charge on any atom is -0.458 e. The highest BCUT2D eigenvalue weighted by Crippen LogP contribution is 2.39. The summed E-state index contributed by atoms with van der Waals surface area (Å²) < 4.78 is 11.3. The number of carbonyl (C=O) groups excluding carboxylic acids is 3. The first-order valence-corrected chi connectivity index (χ1v) is 11.9. The van der Waals surface area contributed by atoms with Crippen LogP contribution in [0.3, 0.4) is 0 Å². The smallest absolute Gasteiger partial charge is 0.411 e. The van der Waals surface area contributed by atoms with E-state index >= 15 is 0 Å². The molecule has 0 aromatic rings. The number of carbonyl (C=O) groups is 3. The van der Waals surface area contributed by atoms with Crippen molar-refractivity contribution in [1.82, 2.24) is 10.2 Å². The molecular formula is C25H44N2O6. The summed E-state index contributed by atoms with van der Waals surface area (Å²) >= 11 is 0. The molecule has 0 saturated carbocycles. The van der Waals surface area contributed by atoms with Gasteiger partial charge in [-0.15, -0.1) is 0 Å². The predicted molar refractivity (Wildman–Crippen MR) is 128 cm³/mol. The Morgan fingerprint density at radius 1 is 1.06 bits per heavy atom. The molecule has 4 atom stereocenters. The zero-order valence-corrected chi connectivity index (χ0v) is 22.0. The van der Waals surface area contributed by atoms with Gasteiger partial charge < -0.3 is 19.9 Å². The van der Waals surface area contributed by atoms with Crippen LogP contribution in [-0.2, 0) is 19.1 Å². The molecule has 0 unspecified atom stereocenters. The number of allylic oxidation sites excluding steroid dienone is 1. The number of likely N-dealkylation sites (tertiary alicyclic amines) is 1. The third kappa shape index (κ3) is 7.73. The van der Waals surface area contributed by atoms with Crippen molar-refractivity contribution in [3.8, 4) is 0 Å². The fourth-order valence-corrected chi connectivity index (χ4v) is 4.36. The monoisotopic (exact) mass is 468 g/mol. The van der Waals surface area contributed by atoms with E-state index in [1.54, 1.807) is 41.5 Å². The van der Waals surface area contributed by atoms with Crippen molar-refractivity contribution >= 4 is 18.0 Å². The van der Waals surface area contributed by atoms with Gasteiger partial charge in [0.1, 0.15) is 17.2 Å². The van der Waals surface area contributed by atoms with Crippen molar-refractivity contribution in [3.05, 3.63) is 12.2 Å². The topological polar surface area (TPSA) is 105 Å². The molecule has 1 heterocycles. The van der Waals surface area contributed by atoms with E-state index in [1.807, 2.05) is 32.9 Å². The number of hydrogen-bond donors (Lipinski definition) is 2. The van der Waals surface area contributed by atoms with E-state index in [9.17, 15) is 19.5 Å². The number of amides is 2. The largest absolute Gasteiger partial charge is 0.458 e. The maximum atomic E-state index is 13.5. The number of aliphatic hydroxyl groups is 1. The van der Waals surface area contributed by atoms with Crippen LogP contribution in [-0.4, -0.2) is 62.9 Å². The average Bonchev–Trinajstić information content (AvgIpc) is 3.02. The standard InChI is InChI=1S/C25H44N2O6/c1-11-14-17-15-18(21(29)32-23(5,6)7)27(22(30)33-24(8,9)10)19(17)20(26-16(4)28)25(31,12-2)13-3/h11,14,17-20,31H,12-13,15H2,1-10H3,(H,26,28)/b14-11-/t17-,18-,19-,20-/m1/s1. The molecule has 1 aliphatic rings. The summed E-state index contributed by atoms with van der Waals surface area (Å²) in [6.45, 7) is 17.5. The summed E-state index contributed by atoms with van der Waals surface area (Å²) in [5.74, 6) is -1.17. The molecule has 0 aromatic carbocycles. The molecule has 0 aromatic heterocycles. The van der Waals surface area contributed by atoms with Gasteiger partial charge in [0, 0.05) is 12.8 Å². The van der Waals surface area contributed by atoms with Crippen molar-refractivity contribution in [1.29, 1.82) is 0 Å². The summed E-state index contributed by atoms with van der Waals surface area (Å²) in [5.41, 5.74) is -2.83. The molecule has 0 bridgehead atoms. The Bertz CT molecular complexity index is 730. The second kappa shape index (κ2) is 10.9. The lowest BCUT2D eigenvalue weighted by molar-refractivity contribution is -0.161. The summed E-state index contributed by atoms with van der Waals surface area (Å²) in [6, 6.07) is -2.44. The molecule has 1 fully saturated rings. The van der Waals surface area contributed by atoms with Crippen LogP contribution in [0.15, 0.2) is 12.2 Å². The Kier molecular flexibility index (Phi) is 9.55. The highest BCUT2D eigenvalue weighted by Gasteiger charge is 2.55. The molecule has 1 aliphatic heterocycles. The van der Waals surface area contributed by atoms with Gasteiger partial charge >= 0.3 is 12.1 Å². The van der Waals surface area contributed by atoms with Crippen LogP contribution in [0.4, 0.5) is 4.79 Å². The lowest BCUT2D eigenvalue weighted by Gasteiger charge is -2.44. The van der Waals surface area contributed by atoms with E-state index in [4.69, 9.17) is 9.47 Å². The number of rotatable bonds is 7. The van der Waals surface area contributed by atoms with Crippen LogP contribution in [0.2, 0.25) is 0 Å². The lowest BCUT2D eigenvalue weighted by Crippen LogP contribution is -2.64. The van der Waals surface area contributed by atoms with Gasteiger partial charge in [0.15, 0.2) is 0 Å². The minimum atomic E-state index is -1.29. The molecular weight excluding hydrogens is 424 g/mol. The van der Waals surface area contributed by atoms with E-state index in [-0.39, 0.29) is 11.8 Å². The van der Waals surface area contributed by atoms with Gasteiger partial charge in [-0.2, -0.15) is 0 Å². The number of hydrogen-bond acceptors (Lipinski definition) is 6. The van der Waals surface area contributed by atoms with E-state index in [2.05, 4.69) is 5.32 Å². The first kappa shape index (κ1) is 28.9. The summed E-state index contributed by atoms with van der Waals surface area (Å²) in [7, 11) is 0. The molecule has 2 N–H and O–H groups in total. The van der Waals surface area contributed by atoms with Crippen LogP contribution in [0.25, 0.3) is 0 Å². The zero-order chi connectivity index (χ0) is 25.8. The van der Waals surface area contributed by atoms with Gasteiger partial charge in [-0.05, 0) is 67.7 Å². The summed E-state index contributed by atoms with van der Waals surface area (Å²) in [4.78, 5) is 40.3. The van der Waals surface area contributed by atoms with Crippen molar-refractivity contribution in [2.75, 3.05) is 0 Å². The molecule has 8 nitrogen and oxygen atoms in total. The first-order chi connectivity index (χ1) is 15.0. The molecule has 0 radical (unpaired) electrons. The van der Waals surface area contributed by atoms with Crippen molar-refractivity contribution in [3.63, 3.8) is 0 Å². The number of esters is 1. The molecule has 0 spiro atoms. The van der Waals surface area contributed by atoms with E-state index in [0.29, 0.717) is 19.3 Å². The van der Waals surface area contributed by atoms with Gasteiger partial charge in [0.25, 0.3) is 0 Å². The van der Waals surface area contributed by atoms with E-state index < -0.39 is 47.0 Å². The van der Waals surface area contributed by atoms with Crippen LogP contribution in [0.5, 0.6) is 0 Å². The van der Waals surface area contributed by atoms with Crippen LogP contribution < -0.4 is 5.32 Å².